The Morgan fingerprint density at radius 1 is 1.23 bits per heavy atom. The van der Waals surface area contributed by atoms with E-state index < -0.39 is 0 Å². The van der Waals surface area contributed by atoms with Gasteiger partial charge in [-0.25, -0.2) is 0 Å². The first-order valence-electron chi connectivity index (χ1n) is 7.42. The monoisotopic (exact) mass is 303 g/mol. The molecule has 2 aromatic rings. The summed E-state index contributed by atoms with van der Waals surface area (Å²) in [6, 6.07) is 6.14. The number of hydrogen-bond donors (Lipinski definition) is 1. The normalized spacial score (nSPS) is 12.3. The second-order valence-corrected chi connectivity index (χ2v) is 5.46. The van der Waals surface area contributed by atoms with Gasteiger partial charge in [0.05, 0.1) is 19.9 Å². The van der Waals surface area contributed by atoms with E-state index in [-0.39, 0.29) is 6.04 Å². The lowest BCUT2D eigenvalue weighted by Gasteiger charge is -2.17. The highest BCUT2D eigenvalue weighted by Gasteiger charge is 2.17. The Morgan fingerprint density at radius 3 is 2.50 bits per heavy atom. The zero-order valence-corrected chi connectivity index (χ0v) is 14.2. The van der Waals surface area contributed by atoms with Crippen molar-refractivity contribution < 1.29 is 9.47 Å². The van der Waals surface area contributed by atoms with Gasteiger partial charge in [0.25, 0.3) is 0 Å². The van der Waals surface area contributed by atoms with E-state index in [0.717, 1.165) is 22.8 Å². The summed E-state index contributed by atoms with van der Waals surface area (Å²) in [7, 11) is 5.30. The lowest BCUT2D eigenvalue weighted by molar-refractivity contribution is 0.350. The minimum atomic E-state index is 0.213. The van der Waals surface area contributed by atoms with Gasteiger partial charge in [-0.2, -0.15) is 5.10 Å². The third-order valence-corrected chi connectivity index (χ3v) is 4.08. The second-order valence-electron chi connectivity index (χ2n) is 5.46. The Balaban J connectivity index is 2.16. The SMILES string of the molecule is COc1cccc(CNC(C)c2c(C)nn(C)c2C)c1OC. The topological polar surface area (TPSA) is 48.3 Å². The maximum Gasteiger partial charge on any atom is 0.165 e. The molecule has 1 aromatic heterocycles. The molecule has 22 heavy (non-hydrogen) atoms. The number of para-hydroxylation sites is 1. The number of methoxy groups -OCH3 is 2. The average molecular weight is 303 g/mol. The number of benzene rings is 1. The molecule has 1 heterocycles. The van der Waals surface area contributed by atoms with Crippen LogP contribution in [-0.4, -0.2) is 24.0 Å². The van der Waals surface area contributed by atoms with Crippen LogP contribution in [0.4, 0.5) is 0 Å². The largest absolute Gasteiger partial charge is 0.493 e. The summed E-state index contributed by atoms with van der Waals surface area (Å²) in [4.78, 5) is 0. The Hall–Kier alpha value is -2.01. The number of ether oxygens (including phenoxy) is 2. The lowest BCUT2D eigenvalue weighted by Crippen LogP contribution is -2.19. The van der Waals surface area contributed by atoms with E-state index in [2.05, 4.69) is 24.3 Å². The molecule has 1 unspecified atom stereocenters. The molecule has 0 saturated heterocycles. The number of rotatable bonds is 6. The minimum Gasteiger partial charge on any atom is -0.493 e. The van der Waals surface area contributed by atoms with Crippen LogP contribution in [0.25, 0.3) is 0 Å². The van der Waals surface area contributed by atoms with Crippen molar-refractivity contribution in [1.29, 1.82) is 0 Å². The molecule has 5 nitrogen and oxygen atoms in total. The molecule has 1 aromatic carbocycles. The zero-order chi connectivity index (χ0) is 16.3. The van der Waals surface area contributed by atoms with Gasteiger partial charge in [0, 0.05) is 36.5 Å². The highest BCUT2D eigenvalue weighted by molar-refractivity contribution is 5.46. The van der Waals surface area contributed by atoms with Gasteiger partial charge in [-0.3, -0.25) is 4.68 Å². The van der Waals surface area contributed by atoms with Crippen molar-refractivity contribution in [3.63, 3.8) is 0 Å². The van der Waals surface area contributed by atoms with Crippen molar-refractivity contribution in [2.24, 2.45) is 7.05 Å². The smallest absolute Gasteiger partial charge is 0.165 e. The number of aromatic nitrogens is 2. The van der Waals surface area contributed by atoms with Crippen LogP contribution >= 0.6 is 0 Å². The third kappa shape index (κ3) is 3.09. The molecular formula is C17H25N3O2. The van der Waals surface area contributed by atoms with Gasteiger partial charge in [-0.15, -0.1) is 0 Å². The van der Waals surface area contributed by atoms with Crippen molar-refractivity contribution in [2.45, 2.75) is 33.4 Å². The van der Waals surface area contributed by atoms with E-state index in [0.29, 0.717) is 6.54 Å². The molecule has 0 spiro atoms. The van der Waals surface area contributed by atoms with Crippen LogP contribution in [0.15, 0.2) is 18.2 Å². The fraction of sp³-hybridized carbons (Fsp3) is 0.471. The zero-order valence-electron chi connectivity index (χ0n) is 14.2. The quantitative estimate of drug-likeness (QED) is 0.891. The van der Waals surface area contributed by atoms with Crippen LogP contribution in [0.5, 0.6) is 11.5 Å². The van der Waals surface area contributed by atoms with E-state index in [1.54, 1.807) is 14.2 Å². The van der Waals surface area contributed by atoms with E-state index in [1.165, 1.54) is 11.3 Å². The predicted molar refractivity (Wildman–Crippen MR) is 87.5 cm³/mol. The molecule has 0 bridgehead atoms. The summed E-state index contributed by atoms with van der Waals surface area (Å²) in [5, 5.41) is 8.03. The Morgan fingerprint density at radius 2 is 1.95 bits per heavy atom. The van der Waals surface area contributed by atoms with Crippen LogP contribution in [-0.2, 0) is 13.6 Å². The molecule has 2 rings (SSSR count). The van der Waals surface area contributed by atoms with Crippen molar-refractivity contribution in [2.75, 3.05) is 14.2 Å². The van der Waals surface area contributed by atoms with Crippen molar-refractivity contribution in [1.82, 2.24) is 15.1 Å². The van der Waals surface area contributed by atoms with Gasteiger partial charge in [-0.05, 0) is 26.8 Å². The fourth-order valence-electron chi connectivity index (χ4n) is 2.87. The van der Waals surface area contributed by atoms with Crippen LogP contribution in [0, 0.1) is 13.8 Å². The minimum absolute atomic E-state index is 0.213. The molecule has 0 radical (unpaired) electrons. The maximum absolute atomic E-state index is 5.48. The number of nitrogens with zero attached hydrogens (tertiary/aromatic N) is 2. The Labute approximate surface area is 132 Å². The molecule has 120 valence electrons. The number of aryl methyl sites for hydroxylation is 2. The molecule has 0 fully saturated rings. The van der Waals surface area contributed by atoms with E-state index in [9.17, 15) is 0 Å². The van der Waals surface area contributed by atoms with Gasteiger partial charge in [0.2, 0.25) is 0 Å². The molecule has 1 atom stereocenters. The van der Waals surface area contributed by atoms with E-state index in [4.69, 9.17) is 9.47 Å². The third-order valence-electron chi connectivity index (χ3n) is 4.08. The van der Waals surface area contributed by atoms with Gasteiger partial charge in [0.15, 0.2) is 11.5 Å². The molecule has 0 aliphatic rings. The maximum atomic E-state index is 5.48. The summed E-state index contributed by atoms with van der Waals surface area (Å²) in [5.41, 5.74) is 4.59. The van der Waals surface area contributed by atoms with E-state index in [1.807, 2.05) is 36.9 Å². The van der Waals surface area contributed by atoms with Gasteiger partial charge >= 0.3 is 0 Å². The van der Waals surface area contributed by atoms with Crippen LogP contribution in [0.1, 0.15) is 35.5 Å². The highest BCUT2D eigenvalue weighted by Crippen LogP contribution is 2.31. The summed E-state index contributed by atoms with van der Waals surface area (Å²) in [6.45, 7) is 7.01. The first-order valence-corrected chi connectivity index (χ1v) is 7.42. The summed E-state index contributed by atoms with van der Waals surface area (Å²) in [5.74, 6) is 1.53. The van der Waals surface area contributed by atoms with Crippen LogP contribution < -0.4 is 14.8 Å². The standard InChI is InChI=1S/C17H25N3O2/c1-11(16-12(2)19-20(4)13(16)3)18-10-14-8-7-9-15(21-5)17(14)22-6/h7-9,11,18H,10H2,1-6H3. The summed E-state index contributed by atoms with van der Waals surface area (Å²) >= 11 is 0. The first-order chi connectivity index (χ1) is 10.5. The molecule has 0 aliphatic heterocycles. The van der Waals surface area contributed by atoms with Crippen LogP contribution in [0.2, 0.25) is 0 Å². The molecule has 0 saturated carbocycles. The highest BCUT2D eigenvalue weighted by atomic mass is 16.5. The second kappa shape index (κ2) is 6.83. The summed E-state index contributed by atoms with van der Waals surface area (Å²) < 4.78 is 12.7. The first kappa shape index (κ1) is 16.4. The number of nitrogens with one attached hydrogen (secondary N) is 1. The van der Waals surface area contributed by atoms with Crippen molar-refractivity contribution in [3.8, 4) is 11.5 Å². The summed E-state index contributed by atoms with van der Waals surface area (Å²) in [6.07, 6.45) is 0. The van der Waals surface area contributed by atoms with Crippen molar-refractivity contribution in [3.05, 3.63) is 40.7 Å². The van der Waals surface area contributed by atoms with Gasteiger partial charge in [0.1, 0.15) is 0 Å². The van der Waals surface area contributed by atoms with Gasteiger partial charge in [-0.1, -0.05) is 12.1 Å². The molecule has 5 heteroatoms. The average Bonchev–Trinajstić information content (AvgIpc) is 2.77. The lowest BCUT2D eigenvalue weighted by atomic mass is 10.1. The van der Waals surface area contributed by atoms with E-state index >= 15 is 0 Å². The van der Waals surface area contributed by atoms with Gasteiger partial charge < -0.3 is 14.8 Å². The molecule has 0 aliphatic carbocycles. The molecule has 1 N–H and O–H groups in total. The Kier molecular flexibility index (Phi) is 5.08. The van der Waals surface area contributed by atoms with Crippen LogP contribution in [0.3, 0.4) is 0 Å². The molecule has 0 amide bonds. The van der Waals surface area contributed by atoms with Crippen molar-refractivity contribution >= 4 is 0 Å². The molecular weight excluding hydrogens is 278 g/mol. The predicted octanol–water partition coefficient (Wildman–Crippen LogP) is 2.90. The Bertz CT molecular complexity index is 650. The fourth-order valence-corrected chi connectivity index (χ4v) is 2.87. The number of hydrogen-bond acceptors (Lipinski definition) is 4.